The van der Waals surface area contributed by atoms with Crippen molar-refractivity contribution in [3.63, 3.8) is 0 Å². The monoisotopic (exact) mass is 254 g/mol. The van der Waals surface area contributed by atoms with Gasteiger partial charge in [-0.25, -0.2) is 0 Å². The van der Waals surface area contributed by atoms with Crippen molar-refractivity contribution in [3.8, 4) is 0 Å². The summed E-state index contributed by atoms with van der Waals surface area (Å²) in [5, 5.41) is 0. The number of rotatable bonds is 10. The largest absolute Gasteiger partial charge is 0.424 e. The number of hydrogen-bond acceptors (Lipinski definition) is 3. The number of methoxy groups -OCH3 is 1. The van der Waals surface area contributed by atoms with Crippen molar-refractivity contribution < 1.29 is 13.9 Å². The van der Waals surface area contributed by atoms with Crippen LogP contribution in [0.15, 0.2) is 30.3 Å². The van der Waals surface area contributed by atoms with Crippen LogP contribution < -0.4 is 0 Å². The average Bonchev–Trinajstić information content (AvgIpc) is 2.38. The van der Waals surface area contributed by atoms with E-state index in [0.29, 0.717) is 13.2 Å². The van der Waals surface area contributed by atoms with Crippen LogP contribution in [0, 0.1) is 0 Å². The van der Waals surface area contributed by atoms with Crippen LogP contribution in [0.4, 0.5) is 0 Å². The lowest BCUT2D eigenvalue weighted by Gasteiger charge is -2.05. The lowest BCUT2D eigenvalue weighted by atomic mass is 10.2. The molecule has 0 spiro atoms. The van der Waals surface area contributed by atoms with Crippen LogP contribution in [0.2, 0.25) is 0 Å². The molecule has 3 nitrogen and oxygen atoms in total. The van der Waals surface area contributed by atoms with E-state index in [9.17, 15) is 0 Å². The van der Waals surface area contributed by atoms with Crippen LogP contribution >= 0.6 is 0 Å². The van der Waals surface area contributed by atoms with E-state index in [4.69, 9.17) is 13.9 Å². The zero-order valence-corrected chi connectivity index (χ0v) is 12.0. The predicted octanol–water partition coefficient (Wildman–Crippen LogP) is 1.34. The summed E-state index contributed by atoms with van der Waals surface area (Å²) in [5.41, 5.74) is 1.38. The number of ether oxygens (including phenoxy) is 2. The van der Waals surface area contributed by atoms with Crippen LogP contribution in [0.5, 0.6) is 0 Å². The van der Waals surface area contributed by atoms with E-state index in [1.807, 2.05) is 6.07 Å². The summed E-state index contributed by atoms with van der Waals surface area (Å²) in [4.78, 5) is 0. The Bertz CT molecular complexity index is 267. The Morgan fingerprint density at radius 2 is 1.82 bits per heavy atom. The molecule has 0 atom stereocenters. The van der Waals surface area contributed by atoms with E-state index >= 15 is 0 Å². The fraction of sp³-hybridized carbons (Fsp3) is 0.538. The smallest absolute Gasteiger partial charge is 0.165 e. The van der Waals surface area contributed by atoms with Gasteiger partial charge in [0.05, 0.1) is 13.2 Å². The quantitative estimate of drug-likeness (QED) is 0.466. The first-order valence-electron chi connectivity index (χ1n) is 6.12. The summed E-state index contributed by atoms with van der Waals surface area (Å²) in [7, 11) is 1.27. The van der Waals surface area contributed by atoms with Gasteiger partial charge in [0, 0.05) is 20.3 Å². The molecular weight excluding hydrogens is 232 g/mol. The second-order valence-corrected chi connectivity index (χ2v) is 5.12. The summed E-state index contributed by atoms with van der Waals surface area (Å²) in [6, 6.07) is 11.6. The second kappa shape index (κ2) is 10.5. The second-order valence-electron chi connectivity index (χ2n) is 3.81. The molecule has 0 aliphatic rings. The summed E-state index contributed by atoms with van der Waals surface area (Å²) < 4.78 is 15.9. The average molecular weight is 254 g/mol. The first-order valence-corrected chi connectivity index (χ1v) is 7.69. The van der Waals surface area contributed by atoms with Crippen LogP contribution in [-0.2, 0) is 19.9 Å². The van der Waals surface area contributed by atoms with Gasteiger partial charge < -0.3 is 13.9 Å². The Balaban J connectivity index is 1.85. The van der Waals surface area contributed by atoms with Gasteiger partial charge in [0.25, 0.3) is 0 Å². The van der Waals surface area contributed by atoms with E-state index < -0.39 is 9.76 Å². The summed E-state index contributed by atoms with van der Waals surface area (Å²) in [5.74, 6) is 0. The molecule has 1 aromatic rings. The molecule has 0 amide bonds. The molecule has 0 N–H and O–H groups in total. The lowest BCUT2D eigenvalue weighted by molar-refractivity contribution is 0.0646. The molecule has 0 saturated carbocycles. The van der Waals surface area contributed by atoms with Crippen molar-refractivity contribution in [2.24, 2.45) is 0 Å². The molecule has 0 aliphatic carbocycles. The summed E-state index contributed by atoms with van der Waals surface area (Å²) in [6.45, 7) is 2.94. The maximum atomic E-state index is 5.67. The van der Waals surface area contributed by atoms with Gasteiger partial charge in [0.1, 0.15) is 0 Å². The topological polar surface area (TPSA) is 27.7 Å². The SMILES string of the molecule is COCCOCCCO[SiH2]Cc1ccccc1. The van der Waals surface area contributed by atoms with Crippen LogP contribution in [0.25, 0.3) is 0 Å². The van der Waals surface area contributed by atoms with Crippen LogP contribution in [-0.4, -0.2) is 43.3 Å². The Hall–Kier alpha value is -0.683. The van der Waals surface area contributed by atoms with Crippen LogP contribution in [0.1, 0.15) is 12.0 Å². The third kappa shape index (κ3) is 8.10. The first-order chi connectivity index (χ1) is 8.43. The van der Waals surface area contributed by atoms with Gasteiger partial charge in [0.2, 0.25) is 0 Å². The molecule has 0 unspecified atom stereocenters. The van der Waals surface area contributed by atoms with E-state index in [0.717, 1.165) is 25.7 Å². The molecule has 0 aromatic heterocycles. The lowest BCUT2D eigenvalue weighted by Crippen LogP contribution is -2.08. The van der Waals surface area contributed by atoms with Crippen molar-refractivity contribution >= 4 is 9.76 Å². The maximum Gasteiger partial charge on any atom is 0.165 e. The minimum absolute atomic E-state index is 0.411. The summed E-state index contributed by atoms with van der Waals surface area (Å²) >= 11 is 0. The Labute approximate surface area is 106 Å². The highest BCUT2D eigenvalue weighted by atomic mass is 28.2. The highest BCUT2D eigenvalue weighted by molar-refractivity contribution is 6.26. The van der Waals surface area contributed by atoms with Crippen molar-refractivity contribution in [2.75, 3.05) is 33.5 Å². The normalized spacial score (nSPS) is 11.4. The molecule has 0 radical (unpaired) electrons. The molecule has 96 valence electrons. The fourth-order valence-electron chi connectivity index (χ4n) is 1.44. The van der Waals surface area contributed by atoms with E-state index in [1.54, 1.807) is 7.11 Å². The van der Waals surface area contributed by atoms with Gasteiger partial charge in [-0.3, -0.25) is 0 Å². The molecule has 0 aliphatic heterocycles. The zero-order chi connectivity index (χ0) is 12.2. The molecule has 0 fully saturated rings. The van der Waals surface area contributed by atoms with E-state index in [1.165, 1.54) is 5.56 Å². The Morgan fingerprint density at radius 3 is 2.59 bits per heavy atom. The van der Waals surface area contributed by atoms with Gasteiger partial charge in [-0.15, -0.1) is 0 Å². The Morgan fingerprint density at radius 1 is 1.00 bits per heavy atom. The third-order valence-corrected chi connectivity index (χ3v) is 3.75. The molecule has 4 heteroatoms. The van der Waals surface area contributed by atoms with Crippen LogP contribution in [0.3, 0.4) is 0 Å². The maximum absolute atomic E-state index is 5.67. The molecular formula is C13H22O3Si. The minimum atomic E-state index is -0.411. The van der Waals surface area contributed by atoms with Crippen molar-refractivity contribution in [1.29, 1.82) is 0 Å². The standard InChI is InChI=1S/C13H22O3Si/c1-14-10-11-15-8-5-9-16-17-12-13-6-3-2-4-7-13/h2-4,6-7H,5,8-12,17H2,1H3. The van der Waals surface area contributed by atoms with Gasteiger partial charge in [0.15, 0.2) is 9.76 Å². The summed E-state index contributed by atoms with van der Waals surface area (Å²) in [6.07, 6.45) is 0.978. The van der Waals surface area contributed by atoms with Gasteiger partial charge in [-0.05, 0) is 18.0 Å². The highest BCUT2D eigenvalue weighted by Gasteiger charge is 1.94. The first kappa shape index (κ1) is 14.4. The Kier molecular flexibility index (Phi) is 8.85. The van der Waals surface area contributed by atoms with Crippen molar-refractivity contribution in [2.45, 2.75) is 12.5 Å². The van der Waals surface area contributed by atoms with E-state index in [-0.39, 0.29) is 0 Å². The number of benzene rings is 1. The minimum Gasteiger partial charge on any atom is -0.424 e. The molecule has 17 heavy (non-hydrogen) atoms. The molecule has 0 saturated heterocycles. The highest BCUT2D eigenvalue weighted by Crippen LogP contribution is 1.98. The molecule has 0 bridgehead atoms. The molecule has 1 aromatic carbocycles. The van der Waals surface area contributed by atoms with Crippen molar-refractivity contribution in [1.82, 2.24) is 0 Å². The van der Waals surface area contributed by atoms with Gasteiger partial charge >= 0.3 is 0 Å². The molecule has 1 rings (SSSR count). The van der Waals surface area contributed by atoms with Gasteiger partial charge in [-0.2, -0.15) is 0 Å². The van der Waals surface area contributed by atoms with Crippen molar-refractivity contribution in [3.05, 3.63) is 35.9 Å². The number of hydrogen-bond donors (Lipinski definition) is 0. The zero-order valence-electron chi connectivity index (χ0n) is 10.6. The van der Waals surface area contributed by atoms with E-state index in [2.05, 4.69) is 24.3 Å². The van der Waals surface area contributed by atoms with Gasteiger partial charge in [-0.1, -0.05) is 30.3 Å². The third-order valence-electron chi connectivity index (χ3n) is 2.39. The fourth-order valence-corrected chi connectivity index (χ4v) is 2.57. The predicted molar refractivity (Wildman–Crippen MR) is 72.0 cm³/mol. The molecule has 0 heterocycles.